The van der Waals surface area contributed by atoms with Gasteiger partial charge in [0.05, 0.1) is 6.54 Å². The molecule has 0 amide bonds. The molecule has 0 unspecified atom stereocenters. The van der Waals surface area contributed by atoms with Crippen molar-refractivity contribution in [1.29, 1.82) is 0 Å². The van der Waals surface area contributed by atoms with Gasteiger partial charge in [-0.1, -0.05) is 0 Å². The van der Waals surface area contributed by atoms with E-state index in [1.54, 1.807) is 0 Å². The van der Waals surface area contributed by atoms with Crippen LogP contribution in [0.15, 0.2) is 0 Å². The van der Waals surface area contributed by atoms with Crippen LogP contribution < -0.4 is 0 Å². The summed E-state index contributed by atoms with van der Waals surface area (Å²) in [5.74, 6) is -1.34. The first-order valence-corrected chi connectivity index (χ1v) is 2.35. The van der Waals surface area contributed by atoms with Crippen LogP contribution in [0.3, 0.4) is 0 Å². The number of aliphatic hydroxyl groups is 1. The molecule has 9 heavy (non-hydrogen) atoms. The van der Waals surface area contributed by atoms with E-state index < -0.39 is 12.1 Å². The van der Waals surface area contributed by atoms with Gasteiger partial charge in [0.15, 0.2) is 6.10 Å². The van der Waals surface area contributed by atoms with Gasteiger partial charge in [-0.15, -0.1) is 0 Å². The van der Waals surface area contributed by atoms with Crippen molar-refractivity contribution >= 4 is 5.97 Å². The number of nitrogens with zero attached hydrogens (tertiary/aromatic N) is 1. The number of aliphatic carboxylic acids is 1. The maximum Gasteiger partial charge on any atom is 0.333 e. The molecule has 54 valence electrons. The second-order valence-electron chi connectivity index (χ2n) is 1.69. The van der Waals surface area contributed by atoms with Crippen LogP contribution >= 0.6 is 0 Å². The molecule has 0 spiro atoms. The minimum absolute atomic E-state index is 0.282. The summed E-state index contributed by atoms with van der Waals surface area (Å²) in [7, 11) is 1.26. The van der Waals surface area contributed by atoms with E-state index in [0.717, 1.165) is 0 Å². The lowest BCUT2D eigenvalue weighted by atomic mass is 10.4. The molecule has 0 saturated carbocycles. The van der Waals surface area contributed by atoms with Crippen LogP contribution in [0.25, 0.3) is 0 Å². The van der Waals surface area contributed by atoms with E-state index in [9.17, 15) is 4.79 Å². The molecule has 0 fully saturated rings. The monoisotopic (exact) mass is 135 g/mol. The van der Waals surface area contributed by atoms with Gasteiger partial charge in [-0.2, -0.15) is 5.06 Å². The normalized spacial score (nSPS) is 13.8. The van der Waals surface area contributed by atoms with E-state index in [0.29, 0.717) is 5.06 Å². The number of hydroxylamine groups is 2. The maximum atomic E-state index is 9.85. The molecule has 0 saturated heterocycles. The highest BCUT2D eigenvalue weighted by atomic mass is 16.5. The summed E-state index contributed by atoms with van der Waals surface area (Å²) in [6.45, 7) is -0.282. The lowest BCUT2D eigenvalue weighted by Gasteiger charge is -2.09. The standard InChI is InChI=1S/C4H9NO4/c1-5(9)2-3(6)4(7)8/h3,6,9H,2H2,1H3,(H,7,8)/t3-/m1/s1. The molecule has 0 rings (SSSR count). The highest BCUT2D eigenvalue weighted by Crippen LogP contribution is 1.83. The lowest BCUT2D eigenvalue weighted by molar-refractivity contribution is -0.154. The average Bonchev–Trinajstić information content (AvgIpc) is 1.63. The number of rotatable bonds is 3. The van der Waals surface area contributed by atoms with Crippen molar-refractivity contribution in [2.75, 3.05) is 13.6 Å². The van der Waals surface area contributed by atoms with Crippen LogP contribution in [0, 0.1) is 0 Å². The smallest absolute Gasteiger partial charge is 0.333 e. The Morgan fingerprint density at radius 3 is 2.33 bits per heavy atom. The van der Waals surface area contributed by atoms with Crippen molar-refractivity contribution in [1.82, 2.24) is 5.06 Å². The first kappa shape index (κ1) is 8.35. The van der Waals surface area contributed by atoms with Gasteiger partial charge in [0, 0.05) is 7.05 Å². The van der Waals surface area contributed by atoms with Gasteiger partial charge < -0.3 is 15.4 Å². The SMILES string of the molecule is CN(O)C[C@@H](O)C(=O)O. The first-order valence-electron chi connectivity index (χ1n) is 2.35. The number of carboxylic acid groups (broad SMARTS) is 1. The van der Waals surface area contributed by atoms with Crippen LogP contribution in [-0.4, -0.2) is 46.1 Å². The zero-order chi connectivity index (χ0) is 7.44. The Hall–Kier alpha value is -0.650. The van der Waals surface area contributed by atoms with Gasteiger partial charge in [-0.25, -0.2) is 4.79 Å². The zero-order valence-corrected chi connectivity index (χ0v) is 4.98. The van der Waals surface area contributed by atoms with Crippen LogP contribution in [0.1, 0.15) is 0 Å². The molecule has 0 aromatic heterocycles. The Kier molecular flexibility index (Phi) is 3.15. The van der Waals surface area contributed by atoms with Gasteiger partial charge in [-0.05, 0) is 0 Å². The van der Waals surface area contributed by atoms with Gasteiger partial charge in [0.1, 0.15) is 0 Å². The van der Waals surface area contributed by atoms with Crippen molar-refractivity contribution in [3.63, 3.8) is 0 Å². The summed E-state index contributed by atoms with van der Waals surface area (Å²) in [5, 5.41) is 25.5. The quantitative estimate of drug-likeness (QED) is 0.421. The Bertz CT molecular complexity index is 103. The Labute approximate surface area is 52.1 Å². The fourth-order valence-electron chi connectivity index (χ4n) is 0.328. The largest absolute Gasteiger partial charge is 0.479 e. The highest BCUT2D eigenvalue weighted by Gasteiger charge is 2.13. The Morgan fingerprint density at radius 1 is 1.78 bits per heavy atom. The number of aliphatic hydroxyl groups excluding tert-OH is 1. The number of carboxylic acids is 1. The predicted molar refractivity (Wildman–Crippen MR) is 28.1 cm³/mol. The van der Waals surface area contributed by atoms with Crippen LogP contribution in [0.5, 0.6) is 0 Å². The topological polar surface area (TPSA) is 81.0 Å². The summed E-state index contributed by atoms with van der Waals surface area (Å²) < 4.78 is 0. The summed E-state index contributed by atoms with van der Waals surface area (Å²) in [5.41, 5.74) is 0. The molecule has 1 atom stereocenters. The Balaban J connectivity index is 3.50. The molecule has 0 aromatic rings. The molecule has 3 N–H and O–H groups in total. The summed E-state index contributed by atoms with van der Waals surface area (Å²) in [6.07, 6.45) is -1.51. The summed E-state index contributed by atoms with van der Waals surface area (Å²) in [4.78, 5) is 9.85. The summed E-state index contributed by atoms with van der Waals surface area (Å²) >= 11 is 0. The number of hydrogen-bond donors (Lipinski definition) is 3. The molecule has 0 aliphatic rings. The zero-order valence-electron chi connectivity index (χ0n) is 4.98. The number of carbonyl (C=O) groups is 1. The van der Waals surface area contributed by atoms with E-state index in [1.165, 1.54) is 7.05 Å². The van der Waals surface area contributed by atoms with Crippen molar-refractivity contribution < 1.29 is 20.2 Å². The van der Waals surface area contributed by atoms with E-state index in [2.05, 4.69) is 0 Å². The molecule has 0 aliphatic carbocycles. The fourth-order valence-corrected chi connectivity index (χ4v) is 0.328. The molecular weight excluding hydrogens is 126 g/mol. The summed E-state index contributed by atoms with van der Waals surface area (Å²) in [6, 6.07) is 0. The third-order valence-corrected chi connectivity index (χ3v) is 0.722. The van der Waals surface area contributed by atoms with Crippen LogP contribution in [0.4, 0.5) is 0 Å². The Morgan fingerprint density at radius 2 is 2.22 bits per heavy atom. The second-order valence-corrected chi connectivity index (χ2v) is 1.69. The van der Waals surface area contributed by atoms with Crippen LogP contribution in [0.2, 0.25) is 0 Å². The van der Waals surface area contributed by atoms with Crippen molar-refractivity contribution in [2.24, 2.45) is 0 Å². The van der Waals surface area contributed by atoms with Crippen molar-refractivity contribution in [3.05, 3.63) is 0 Å². The molecule has 0 bridgehead atoms. The van der Waals surface area contributed by atoms with E-state index >= 15 is 0 Å². The molecule has 0 aromatic carbocycles. The second kappa shape index (κ2) is 3.39. The third kappa shape index (κ3) is 3.89. The fraction of sp³-hybridized carbons (Fsp3) is 0.750. The molecule has 0 heterocycles. The predicted octanol–water partition coefficient (Wildman–Crippen LogP) is -1.25. The lowest BCUT2D eigenvalue weighted by Crippen LogP contribution is -2.32. The minimum Gasteiger partial charge on any atom is -0.479 e. The van der Waals surface area contributed by atoms with Crippen molar-refractivity contribution in [3.8, 4) is 0 Å². The van der Waals surface area contributed by atoms with Crippen molar-refractivity contribution in [2.45, 2.75) is 6.10 Å². The third-order valence-electron chi connectivity index (χ3n) is 0.722. The van der Waals surface area contributed by atoms with Gasteiger partial charge in [0.2, 0.25) is 0 Å². The van der Waals surface area contributed by atoms with Gasteiger partial charge >= 0.3 is 5.97 Å². The molecule has 5 nitrogen and oxygen atoms in total. The first-order chi connectivity index (χ1) is 4.04. The maximum absolute atomic E-state index is 9.85. The van der Waals surface area contributed by atoms with Crippen LogP contribution in [-0.2, 0) is 4.79 Å². The number of likely N-dealkylation sites (N-methyl/N-ethyl adjacent to an activating group) is 1. The van der Waals surface area contributed by atoms with Gasteiger partial charge in [-0.3, -0.25) is 0 Å². The van der Waals surface area contributed by atoms with E-state index in [-0.39, 0.29) is 6.54 Å². The average molecular weight is 135 g/mol. The molecule has 0 aliphatic heterocycles. The molecule has 0 radical (unpaired) electrons. The number of hydrogen-bond acceptors (Lipinski definition) is 4. The van der Waals surface area contributed by atoms with E-state index in [1.807, 2.05) is 0 Å². The highest BCUT2D eigenvalue weighted by molar-refractivity contribution is 5.72. The molecular formula is C4H9NO4. The minimum atomic E-state index is -1.51. The van der Waals surface area contributed by atoms with E-state index in [4.69, 9.17) is 15.4 Å². The van der Waals surface area contributed by atoms with Gasteiger partial charge in [0.25, 0.3) is 0 Å². The molecule has 5 heteroatoms.